The van der Waals surface area contributed by atoms with Crippen LogP contribution in [0.2, 0.25) is 0 Å². The summed E-state index contributed by atoms with van der Waals surface area (Å²) >= 11 is 0. The fraction of sp³-hybridized carbons (Fsp3) is 0.750. The van der Waals surface area contributed by atoms with Crippen LogP contribution in [0.3, 0.4) is 0 Å². The first-order valence-electron chi connectivity index (χ1n) is 8.12. The van der Waals surface area contributed by atoms with Gasteiger partial charge in [-0.15, -0.1) is 0 Å². The van der Waals surface area contributed by atoms with Crippen molar-refractivity contribution in [3.05, 3.63) is 17.5 Å². The van der Waals surface area contributed by atoms with Crippen LogP contribution in [0.15, 0.2) is 11.2 Å². The number of nitrogens with one attached hydrogen (secondary N) is 2. The standard InChI is InChI=1S/C16H29N5/c1-5-17-16(18-9-15-10-19-20-13(15)4)21-7-6-14(11-21)8-12(2)3/h10,12,14H,5-9,11H2,1-4H3,(H,17,18)(H,19,20). The minimum Gasteiger partial charge on any atom is -0.357 e. The van der Waals surface area contributed by atoms with E-state index in [0.717, 1.165) is 43.1 Å². The van der Waals surface area contributed by atoms with Gasteiger partial charge in [-0.25, -0.2) is 4.99 Å². The van der Waals surface area contributed by atoms with Gasteiger partial charge in [-0.3, -0.25) is 5.10 Å². The third kappa shape index (κ3) is 4.48. The normalized spacial score (nSPS) is 19.6. The Morgan fingerprint density at radius 1 is 1.57 bits per heavy atom. The number of hydrogen-bond donors (Lipinski definition) is 2. The highest BCUT2D eigenvalue weighted by Crippen LogP contribution is 2.23. The second-order valence-electron chi connectivity index (χ2n) is 6.42. The molecular formula is C16H29N5. The lowest BCUT2D eigenvalue weighted by Gasteiger charge is -2.22. The minimum atomic E-state index is 0.690. The smallest absolute Gasteiger partial charge is 0.194 e. The molecule has 1 aromatic heterocycles. The predicted molar refractivity (Wildman–Crippen MR) is 87.3 cm³/mol. The molecule has 1 aromatic rings. The van der Waals surface area contributed by atoms with Crippen molar-refractivity contribution >= 4 is 5.96 Å². The maximum atomic E-state index is 4.78. The lowest BCUT2D eigenvalue weighted by molar-refractivity contribution is 0.403. The first kappa shape index (κ1) is 15.9. The number of hydrogen-bond acceptors (Lipinski definition) is 2. The third-order valence-electron chi connectivity index (χ3n) is 4.06. The van der Waals surface area contributed by atoms with Gasteiger partial charge in [0, 0.05) is 30.9 Å². The van der Waals surface area contributed by atoms with E-state index < -0.39 is 0 Å². The third-order valence-corrected chi connectivity index (χ3v) is 4.06. The monoisotopic (exact) mass is 291 g/mol. The van der Waals surface area contributed by atoms with Crippen LogP contribution in [0.5, 0.6) is 0 Å². The average Bonchev–Trinajstić information content (AvgIpc) is 3.03. The number of aromatic amines is 1. The molecule has 0 radical (unpaired) electrons. The molecule has 1 atom stereocenters. The maximum absolute atomic E-state index is 4.78. The van der Waals surface area contributed by atoms with E-state index in [1.165, 1.54) is 18.4 Å². The summed E-state index contributed by atoms with van der Waals surface area (Å²) in [7, 11) is 0. The van der Waals surface area contributed by atoms with E-state index in [0.29, 0.717) is 6.54 Å². The number of aryl methyl sites for hydroxylation is 1. The summed E-state index contributed by atoms with van der Waals surface area (Å²) in [5.74, 6) is 2.64. The maximum Gasteiger partial charge on any atom is 0.194 e. The Morgan fingerprint density at radius 3 is 3.00 bits per heavy atom. The number of rotatable bonds is 5. The Morgan fingerprint density at radius 2 is 2.38 bits per heavy atom. The minimum absolute atomic E-state index is 0.690. The quantitative estimate of drug-likeness (QED) is 0.647. The number of likely N-dealkylation sites (tertiary alicyclic amines) is 1. The molecule has 1 aliphatic heterocycles. The van der Waals surface area contributed by atoms with Gasteiger partial charge >= 0.3 is 0 Å². The molecule has 0 bridgehead atoms. The van der Waals surface area contributed by atoms with Crippen LogP contribution in [0.1, 0.15) is 44.9 Å². The Labute approximate surface area is 128 Å². The van der Waals surface area contributed by atoms with Crippen molar-refractivity contribution in [3.8, 4) is 0 Å². The highest BCUT2D eigenvalue weighted by atomic mass is 15.3. The Kier molecular flexibility index (Phi) is 5.65. The summed E-state index contributed by atoms with van der Waals surface area (Å²) in [6, 6.07) is 0. The van der Waals surface area contributed by atoms with Gasteiger partial charge in [0.15, 0.2) is 5.96 Å². The molecule has 0 aromatic carbocycles. The summed E-state index contributed by atoms with van der Waals surface area (Å²) in [5, 5.41) is 10.5. The van der Waals surface area contributed by atoms with Crippen molar-refractivity contribution < 1.29 is 0 Å². The molecule has 21 heavy (non-hydrogen) atoms. The molecule has 0 aliphatic carbocycles. The zero-order valence-electron chi connectivity index (χ0n) is 13.8. The fourth-order valence-corrected chi connectivity index (χ4v) is 3.01. The zero-order valence-corrected chi connectivity index (χ0v) is 13.8. The van der Waals surface area contributed by atoms with E-state index in [-0.39, 0.29) is 0 Å². The van der Waals surface area contributed by atoms with E-state index in [9.17, 15) is 0 Å². The lowest BCUT2D eigenvalue weighted by Crippen LogP contribution is -2.40. The molecule has 1 aliphatic rings. The summed E-state index contributed by atoms with van der Waals surface area (Å²) in [5.41, 5.74) is 2.28. The second-order valence-corrected chi connectivity index (χ2v) is 6.42. The summed E-state index contributed by atoms with van der Waals surface area (Å²) in [6.45, 7) is 12.6. The zero-order chi connectivity index (χ0) is 15.2. The van der Waals surface area contributed by atoms with Gasteiger partial charge in [-0.2, -0.15) is 5.10 Å². The number of H-pyrrole nitrogens is 1. The topological polar surface area (TPSA) is 56.3 Å². The number of aliphatic imine (C=N–C) groups is 1. The van der Waals surface area contributed by atoms with Crippen molar-refractivity contribution in [2.45, 2.75) is 47.1 Å². The van der Waals surface area contributed by atoms with Crippen molar-refractivity contribution in [2.75, 3.05) is 19.6 Å². The van der Waals surface area contributed by atoms with Crippen LogP contribution in [0, 0.1) is 18.8 Å². The van der Waals surface area contributed by atoms with Crippen molar-refractivity contribution in [3.63, 3.8) is 0 Å². The first-order valence-corrected chi connectivity index (χ1v) is 8.12. The summed E-state index contributed by atoms with van der Waals surface area (Å²) < 4.78 is 0. The molecule has 0 saturated carbocycles. The van der Waals surface area contributed by atoms with Crippen LogP contribution >= 0.6 is 0 Å². The van der Waals surface area contributed by atoms with Crippen LogP contribution in [-0.2, 0) is 6.54 Å². The van der Waals surface area contributed by atoms with Gasteiger partial charge in [-0.1, -0.05) is 13.8 Å². The van der Waals surface area contributed by atoms with Gasteiger partial charge in [0.2, 0.25) is 0 Å². The second kappa shape index (κ2) is 7.48. The Bertz CT molecular complexity index is 463. The van der Waals surface area contributed by atoms with Crippen LogP contribution in [-0.4, -0.2) is 40.7 Å². The molecular weight excluding hydrogens is 262 g/mol. The predicted octanol–water partition coefficient (Wildman–Crippen LogP) is 2.55. The highest BCUT2D eigenvalue weighted by Gasteiger charge is 2.25. The molecule has 2 N–H and O–H groups in total. The fourth-order valence-electron chi connectivity index (χ4n) is 3.01. The Balaban J connectivity index is 1.97. The molecule has 0 amide bonds. The highest BCUT2D eigenvalue weighted by molar-refractivity contribution is 5.80. The largest absolute Gasteiger partial charge is 0.357 e. The molecule has 2 rings (SSSR count). The van der Waals surface area contributed by atoms with Gasteiger partial charge in [0.1, 0.15) is 0 Å². The molecule has 1 unspecified atom stereocenters. The molecule has 118 valence electrons. The number of aromatic nitrogens is 2. The van der Waals surface area contributed by atoms with Crippen molar-refractivity contribution in [2.24, 2.45) is 16.8 Å². The van der Waals surface area contributed by atoms with Crippen molar-refractivity contribution in [1.29, 1.82) is 0 Å². The SMILES string of the molecule is CCNC(=NCc1cn[nH]c1C)N1CCC(CC(C)C)C1. The summed E-state index contributed by atoms with van der Waals surface area (Å²) in [4.78, 5) is 7.19. The Hall–Kier alpha value is -1.52. The van der Waals surface area contributed by atoms with Gasteiger partial charge in [-0.05, 0) is 38.5 Å². The molecule has 0 spiro atoms. The van der Waals surface area contributed by atoms with E-state index in [2.05, 4.69) is 41.2 Å². The molecule has 2 heterocycles. The molecule has 5 nitrogen and oxygen atoms in total. The van der Waals surface area contributed by atoms with Crippen molar-refractivity contribution in [1.82, 2.24) is 20.4 Å². The van der Waals surface area contributed by atoms with Gasteiger partial charge in [0.25, 0.3) is 0 Å². The van der Waals surface area contributed by atoms with Crippen LogP contribution in [0.4, 0.5) is 0 Å². The van der Waals surface area contributed by atoms with E-state index in [1.54, 1.807) is 0 Å². The molecule has 1 saturated heterocycles. The van der Waals surface area contributed by atoms with Gasteiger partial charge in [0.05, 0.1) is 12.7 Å². The molecule has 5 heteroatoms. The van der Waals surface area contributed by atoms with Gasteiger partial charge < -0.3 is 10.2 Å². The lowest BCUT2D eigenvalue weighted by atomic mass is 9.97. The van der Waals surface area contributed by atoms with Crippen LogP contribution in [0.25, 0.3) is 0 Å². The van der Waals surface area contributed by atoms with E-state index in [4.69, 9.17) is 4.99 Å². The van der Waals surface area contributed by atoms with E-state index >= 15 is 0 Å². The first-order chi connectivity index (χ1) is 10.1. The summed E-state index contributed by atoms with van der Waals surface area (Å²) in [6.07, 6.45) is 4.47. The number of guanidine groups is 1. The average molecular weight is 291 g/mol. The van der Waals surface area contributed by atoms with Crippen LogP contribution < -0.4 is 5.32 Å². The number of nitrogens with zero attached hydrogens (tertiary/aromatic N) is 3. The van der Waals surface area contributed by atoms with E-state index in [1.807, 2.05) is 13.1 Å². The molecule has 1 fully saturated rings.